The third-order valence-electron chi connectivity index (χ3n) is 4.51. The fourth-order valence-electron chi connectivity index (χ4n) is 2.81. The molecule has 0 saturated carbocycles. The largest absolute Gasteiger partial charge is 0.459 e. The maximum absolute atomic E-state index is 12.3. The van der Waals surface area contributed by atoms with Crippen LogP contribution in [0, 0.1) is 13.8 Å². The average Bonchev–Trinajstić information content (AvgIpc) is 2.95. The highest BCUT2D eigenvalue weighted by Gasteiger charge is 2.46. The lowest BCUT2D eigenvalue weighted by Gasteiger charge is -2.20. The molecule has 4 atom stereocenters. The van der Waals surface area contributed by atoms with Crippen LogP contribution in [0.4, 0.5) is 0 Å². The van der Waals surface area contributed by atoms with Crippen molar-refractivity contribution >= 4 is 11.9 Å². The van der Waals surface area contributed by atoms with E-state index >= 15 is 0 Å². The van der Waals surface area contributed by atoms with Crippen molar-refractivity contribution < 1.29 is 34.0 Å². The smallest absolute Gasteiger partial charge is 0.338 e. The van der Waals surface area contributed by atoms with Crippen molar-refractivity contribution in [2.24, 2.45) is 0 Å². The molecule has 2 aromatic carbocycles. The quantitative estimate of drug-likeness (QED) is 0.755. The lowest BCUT2D eigenvalue weighted by molar-refractivity contribution is -0.133. The first kappa shape index (κ1) is 20.0. The molecule has 1 aliphatic heterocycles. The van der Waals surface area contributed by atoms with Gasteiger partial charge >= 0.3 is 11.9 Å². The molecule has 0 bridgehead atoms. The number of benzene rings is 2. The normalized spacial score (nSPS) is 24.0. The maximum Gasteiger partial charge on any atom is 0.338 e. The second kappa shape index (κ2) is 8.52. The Bertz CT molecular complexity index is 829. The number of ether oxygens (including phenoxy) is 3. The summed E-state index contributed by atoms with van der Waals surface area (Å²) < 4.78 is 15.7. The predicted molar refractivity (Wildman–Crippen MR) is 98.7 cm³/mol. The van der Waals surface area contributed by atoms with Crippen LogP contribution in [0.2, 0.25) is 0 Å². The molecule has 148 valence electrons. The standard InChI is InChI=1S/C21H22O7/c1-12-3-7-14(8-4-12)19(23)26-11-16-18(17(22)21(25)27-16)28-20(24)15-9-5-13(2)6-10-15/h3-10,16-18,21-22,25H,11H2,1-2H3/t16-,17+,18-,21-/m1/s1. The van der Waals surface area contributed by atoms with E-state index in [9.17, 15) is 19.8 Å². The molecule has 0 aliphatic carbocycles. The summed E-state index contributed by atoms with van der Waals surface area (Å²) in [6.45, 7) is 3.50. The first-order chi connectivity index (χ1) is 13.3. The van der Waals surface area contributed by atoms with Crippen molar-refractivity contribution in [1.82, 2.24) is 0 Å². The van der Waals surface area contributed by atoms with E-state index in [1.54, 1.807) is 48.5 Å². The molecular weight excluding hydrogens is 364 g/mol. The van der Waals surface area contributed by atoms with Crippen molar-refractivity contribution in [3.8, 4) is 0 Å². The van der Waals surface area contributed by atoms with Crippen LogP contribution in [-0.4, -0.2) is 53.4 Å². The van der Waals surface area contributed by atoms with Crippen molar-refractivity contribution in [2.45, 2.75) is 38.4 Å². The minimum atomic E-state index is -1.54. The summed E-state index contributed by atoms with van der Waals surface area (Å²) >= 11 is 0. The van der Waals surface area contributed by atoms with E-state index in [1.807, 2.05) is 13.8 Å². The van der Waals surface area contributed by atoms with Gasteiger partial charge in [0.25, 0.3) is 0 Å². The lowest BCUT2D eigenvalue weighted by atomic mass is 10.1. The van der Waals surface area contributed by atoms with E-state index in [0.29, 0.717) is 11.1 Å². The molecule has 7 heteroatoms. The number of aliphatic hydroxyl groups excluding tert-OH is 2. The summed E-state index contributed by atoms with van der Waals surface area (Å²) in [6, 6.07) is 13.5. The molecule has 1 saturated heterocycles. The van der Waals surface area contributed by atoms with Gasteiger partial charge in [0.2, 0.25) is 0 Å². The Morgan fingerprint density at radius 3 is 1.93 bits per heavy atom. The summed E-state index contributed by atoms with van der Waals surface area (Å²) in [5.74, 6) is -1.25. The third kappa shape index (κ3) is 4.56. The zero-order valence-electron chi connectivity index (χ0n) is 15.6. The van der Waals surface area contributed by atoms with Crippen molar-refractivity contribution in [2.75, 3.05) is 6.61 Å². The number of hydrogen-bond acceptors (Lipinski definition) is 7. The zero-order valence-corrected chi connectivity index (χ0v) is 15.6. The van der Waals surface area contributed by atoms with Gasteiger partial charge in [-0.2, -0.15) is 0 Å². The van der Waals surface area contributed by atoms with E-state index in [4.69, 9.17) is 14.2 Å². The van der Waals surface area contributed by atoms with Gasteiger partial charge in [-0.05, 0) is 38.1 Å². The van der Waals surface area contributed by atoms with Crippen LogP contribution in [0.25, 0.3) is 0 Å². The Morgan fingerprint density at radius 1 is 0.893 bits per heavy atom. The van der Waals surface area contributed by atoms with Crippen molar-refractivity contribution in [1.29, 1.82) is 0 Å². The Hall–Kier alpha value is -2.74. The molecule has 0 unspecified atom stereocenters. The van der Waals surface area contributed by atoms with Gasteiger partial charge < -0.3 is 24.4 Å². The number of esters is 2. The second-order valence-corrected chi connectivity index (χ2v) is 6.76. The molecule has 2 aromatic rings. The first-order valence-corrected chi connectivity index (χ1v) is 8.88. The van der Waals surface area contributed by atoms with Crippen LogP contribution < -0.4 is 0 Å². The number of rotatable bonds is 5. The lowest BCUT2D eigenvalue weighted by Crippen LogP contribution is -2.39. The number of carbonyl (C=O) groups excluding carboxylic acids is 2. The predicted octanol–water partition coefficient (Wildman–Crippen LogP) is 1.76. The van der Waals surface area contributed by atoms with Gasteiger partial charge in [-0.3, -0.25) is 0 Å². The minimum Gasteiger partial charge on any atom is -0.459 e. The van der Waals surface area contributed by atoms with Gasteiger partial charge in [-0.15, -0.1) is 0 Å². The molecular formula is C21H22O7. The van der Waals surface area contributed by atoms with Crippen LogP contribution in [-0.2, 0) is 14.2 Å². The second-order valence-electron chi connectivity index (χ2n) is 6.76. The summed E-state index contributed by atoms with van der Waals surface area (Å²) in [5.41, 5.74) is 2.65. The molecule has 1 fully saturated rings. The summed E-state index contributed by atoms with van der Waals surface area (Å²) in [7, 11) is 0. The maximum atomic E-state index is 12.3. The fourth-order valence-corrected chi connectivity index (χ4v) is 2.81. The molecule has 28 heavy (non-hydrogen) atoms. The Kier molecular flexibility index (Phi) is 6.08. The van der Waals surface area contributed by atoms with Gasteiger partial charge in [0.05, 0.1) is 11.1 Å². The molecule has 0 aromatic heterocycles. The highest BCUT2D eigenvalue weighted by Crippen LogP contribution is 2.24. The van der Waals surface area contributed by atoms with Gasteiger partial charge in [0.15, 0.2) is 12.4 Å². The highest BCUT2D eigenvalue weighted by atomic mass is 16.7. The van der Waals surface area contributed by atoms with Crippen LogP contribution >= 0.6 is 0 Å². The molecule has 2 N–H and O–H groups in total. The molecule has 3 rings (SSSR count). The molecule has 1 heterocycles. The monoisotopic (exact) mass is 386 g/mol. The van der Waals surface area contributed by atoms with Gasteiger partial charge in [0.1, 0.15) is 18.8 Å². The first-order valence-electron chi connectivity index (χ1n) is 8.88. The van der Waals surface area contributed by atoms with E-state index in [-0.39, 0.29) is 6.61 Å². The van der Waals surface area contributed by atoms with E-state index in [0.717, 1.165) is 11.1 Å². The SMILES string of the molecule is Cc1ccc(C(=O)OC[C@H]2O[C@@H](O)[C@@H](O)[C@@H]2OC(=O)c2ccc(C)cc2)cc1. The molecule has 7 nitrogen and oxygen atoms in total. The minimum absolute atomic E-state index is 0.285. The number of aryl methyl sites for hydroxylation is 2. The van der Waals surface area contributed by atoms with E-state index in [2.05, 4.69) is 0 Å². The Balaban J connectivity index is 1.63. The number of aliphatic hydroxyl groups is 2. The highest BCUT2D eigenvalue weighted by molar-refractivity contribution is 5.90. The Morgan fingerprint density at radius 2 is 1.39 bits per heavy atom. The molecule has 0 spiro atoms. The average molecular weight is 386 g/mol. The van der Waals surface area contributed by atoms with E-state index < -0.39 is 36.5 Å². The fraction of sp³-hybridized carbons (Fsp3) is 0.333. The third-order valence-corrected chi connectivity index (χ3v) is 4.51. The molecule has 0 amide bonds. The van der Waals surface area contributed by atoms with Crippen LogP contribution in [0.3, 0.4) is 0 Å². The van der Waals surface area contributed by atoms with E-state index in [1.165, 1.54) is 0 Å². The van der Waals surface area contributed by atoms with Gasteiger partial charge in [0, 0.05) is 0 Å². The topological polar surface area (TPSA) is 102 Å². The number of hydrogen-bond donors (Lipinski definition) is 2. The van der Waals surface area contributed by atoms with Crippen LogP contribution in [0.5, 0.6) is 0 Å². The zero-order chi connectivity index (χ0) is 20.3. The van der Waals surface area contributed by atoms with Crippen LogP contribution in [0.1, 0.15) is 31.8 Å². The molecule has 0 radical (unpaired) electrons. The van der Waals surface area contributed by atoms with Crippen molar-refractivity contribution in [3.05, 3.63) is 70.8 Å². The van der Waals surface area contributed by atoms with Gasteiger partial charge in [-0.25, -0.2) is 9.59 Å². The summed E-state index contributed by atoms with van der Waals surface area (Å²) in [5, 5.41) is 19.9. The summed E-state index contributed by atoms with van der Waals surface area (Å²) in [6.07, 6.45) is -5.15. The van der Waals surface area contributed by atoms with Crippen molar-refractivity contribution in [3.63, 3.8) is 0 Å². The summed E-state index contributed by atoms with van der Waals surface area (Å²) in [4.78, 5) is 24.5. The number of carbonyl (C=O) groups is 2. The van der Waals surface area contributed by atoms with Gasteiger partial charge in [-0.1, -0.05) is 35.4 Å². The molecule has 1 aliphatic rings. The van der Waals surface area contributed by atoms with Crippen LogP contribution in [0.15, 0.2) is 48.5 Å². The Labute approximate surface area is 162 Å².